The minimum absolute atomic E-state index is 0.0340. The fourth-order valence-electron chi connectivity index (χ4n) is 6.93. The smallest absolute Gasteiger partial charge is 0.319 e. The van der Waals surface area contributed by atoms with Crippen molar-refractivity contribution in [2.75, 3.05) is 45.2 Å². The number of hydrogen-bond donors (Lipinski definition) is 2. The summed E-state index contributed by atoms with van der Waals surface area (Å²) in [7, 11) is 4.13. The van der Waals surface area contributed by atoms with Crippen LogP contribution in [0.4, 0.5) is 10.2 Å². The van der Waals surface area contributed by atoms with Crippen molar-refractivity contribution >= 4 is 39.1 Å². The van der Waals surface area contributed by atoms with E-state index in [0.29, 0.717) is 29.4 Å². The molecule has 3 heterocycles. The Bertz CT molecular complexity index is 1680. The molecule has 2 N–H and O–H groups in total. The van der Waals surface area contributed by atoms with Crippen molar-refractivity contribution in [3.05, 3.63) is 53.3 Å². The normalized spacial score (nSPS) is 23.1. The van der Waals surface area contributed by atoms with E-state index in [-0.39, 0.29) is 38.8 Å². The standard InChI is InChI=1S/C32H35ClFN5O2/c1-31-9-8-20(37-31)15-39(16-31)29-24-14-25(33)26(23-13-21(40)12-19-6-4-5-7-22(19)23)27(34)28(24)35-30(36-29)41-18-32(10-11-32)17-38(2)3/h4-7,12-14,20,37,40H,8-11,15-18H2,1-3H3/t20-,31+/m1/s1. The van der Waals surface area contributed by atoms with Gasteiger partial charge in [0.2, 0.25) is 0 Å². The maximum atomic E-state index is 16.8. The van der Waals surface area contributed by atoms with E-state index in [0.717, 1.165) is 56.1 Å². The molecule has 214 valence electrons. The number of nitrogens with zero attached hydrogens (tertiary/aromatic N) is 4. The van der Waals surface area contributed by atoms with Crippen molar-refractivity contribution in [1.29, 1.82) is 0 Å². The average Bonchev–Trinajstić information content (AvgIpc) is 3.62. The van der Waals surface area contributed by atoms with Crippen LogP contribution in [0.5, 0.6) is 11.8 Å². The summed E-state index contributed by atoms with van der Waals surface area (Å²) in [5.41, 5.74) is 0.940. The third-order valence-corrected chi connectivity index (χ3v) is 9.25. The van der Waals surface area contributed by atoms with Gasteiger partial charge in [-0.25, -0.2) is 4.39 Å². The van der Waals surface area contributed by atoms with Gasteiger partial charge in [-0.1, -0.05) is 35.9 Å². The van der Waals surface area contributed by atoms with Crippen molar-refractivity contribution in [1.82, 2.24) is 20.2 Å². The maximum absolute atomic E-state index is 16.8. The number of anilines is 1. The molecule has 4 aromatic rings. The first kappa shape index (κ1) is 26.7. The number of fused-ring (bicyclic) bond motifs is 4. The van der Waals surface area contributed by atoms with E-state index in [9.17, 15) is 5.11 Å². The van der Waals surface area contributed by atoms with Gasteiger partial charge in [-0.3, -0.25) is 0 Å². The van der Waals surface area contributed by atoms with Crippen LogP contribution in [0.1, 0.15) is 32.6 Å². The van der Waals surface area contributed by atoms with E-state index in [1.165, 1.54) is 0 Å². The molecule has 2 aliphatic heterocycles. The molecule has 7 nitrogen and oxygen atoms in total. The highest BCUT2D eigenvalue weighted by Crippen LogP contribution is 2.47. The van der Waals surface area contributed by atoms with Crippen LogP contribution in [0.25, 0.3) is 32.8 Å². The monoisotopic (exact) mass is 575 g/mol. The Morgan fingerprint density at radius 1 is 1.15 bits per heavy atom. The number of halogens is 2. The van der Waals surface area contributed by atoms with E-state index >= 15 is 4.39 Å². The van der Waals surface area contributed by atoms with Crippen molar-refractivity contribution in [2.45, 2.75) is 44.2 Å². The zero-order valence-corrected chi connectivity index (χ0v) is 24.4. The maximum Gasteiger partial charge on any atom is 0.319 e. The van der Waals surface area contributed by atoms with Gasteiger partial charge < -0.3 is 25.0 Å². The number of rotatable bonds is 7. The van der Waals surface area contributed by atoms with Crippen molar-refractivity contribution < 1.29 is 14.2 Å². The zero-order chi connectivity index (χ0) is 28.5. The van der Waals surface area contributed by atoms with Gasteiger partial charge in [0.05, 0.1) is 11.6 Å². The second-order valence-corrected chi connectivity index (χ2v) is 13.2. The Morgan fingerprint density at radius 2 is 1.95 bits per heavy atom. The molecule has 0 unspecified atom stereocenters. The first-order valence-corrected chi connectivity index (χ1v) is 14.7. The number of phenols is 1. The molecular weight excluding hydrogens is 541 g/mol. The third kappa shape index (κ3) is 4.86. The second-order valence-electron chi connectivity index (χ2n) is 12.8. The van der Waals surface area contributed by atoms with E-state index in [1.807, 2.05) is 24.3 Å². The molecule has 3 aromatic carbocycles. The largest absolute Gasteiger partial charge is 0.508 e. The van der Waals surface area contributed by atoms with Gasteiger partial charge in [-0.05, 0) is 81.2 Å². The molecule has 0 spiro atoms. The molecule has 0 radical (unpaired) electrons. The predicted molar refractivity (Wildman–Crippen MR) is 162 cm³/mol. The average molecular weight is 576 g/mol. The number of nitrogens with one attached hydrogen (secondary N) is 1. The summed E-state index contributed by atoms with van der Waals surface area (Å²) in [6.07, 6.45) is 4.35. The molecule has 2 saturated heterocycles. The molecule has 3 aliphatic rings. The SMILES string of the molecule is CN(C)CC1(COc2nc(N3C[C@H]4CC[C@@](C)(C3)N4)c3cc(Cl)c(-c4cc(O)cc5ccccc45)c(F)c3n2)CC1. The van der Waals surface area contributed by atoms with Crippen LogP contribution in [0.3, 0.4) is 0 Å². The van der Waals surface area contributed by atoms with Crippen molar-refractivity contribution in [3.63, 3.8) is 0 Å². The number of ether oxygens (including phenoxy) is 1. The minimum atomic E-state index is -0.546. The Balaban J connectivity index is 1.38. The molecule has 2 bridgehead atoms. The van der Waals surface area contributed by atoms with Gasteiger partial charge in [-0.15, -0.1) is 0 Å². The first-order valence-electron chi connectivity index (χ1n) is 14.3. The Hall–Kier alpha value is -3.20. The Kier molecular flexibility index (Phi) is 6.30. The minimum Gasteiger partial charge on any atom is -0.508 e. The molecule has 0 amide bonds. The lowest BCUT2D eigenvalue weighted by Gasteiger charge is -2.40. The lowest BCUT2D eigenvalue weighted by molar-refractivity contribution is 0.183. The molecule has 2 atom stereocenters. The lowest BCUT2D eigenvalue weighted by atomic mass is 9.96. The van der Waals surface area contributed by atoms with Crippen LogP contribution in [0, 0.1) is 11.2 Å². The van der Waals surface area contributed by atoms with Gasteiger partial charge in [0.1, 0.15) is 17.1 Å². The van der Waals surface area contributed by atoms with Crippen LogP contribution >= 0.6 is 11.6 Å². The summed E-state index contributed by atoms with van der Waals surface area (Å²) in [5, 5.41) is 16.6. The number of piperazine rings is 1. The third-order valence-electron chi connectivity index (χ3n) is 8.95. The van der Waals surface area contributed by atoms with Gasteiger partial charge in [0.25, 0.3) is 0 Å². The van der Waals surface area contributed by atoms with E-state index in [4.69, 9.17) is 21.3 Å². The molecule has 7 rings (SSSR count). The van der Waals surface area contributed by atoms with Crippen LogP contribution in [-0.4, -0.2) is 71.9 Å². The Labute approximate surface area is 244 Å². The summed E-state index contributed by atoms with van der Waals surface area (Å²) >= 11 is 6.88. The molecule has 3 fully saturated rings. The highest BCUT2D eigenvalue weighted by molar-refractivity contribution is 6.35. The zero-order valence-electron chi connectivity index (χ0n) is 23.7. The first-order chi connectivity index (χ1) is 19.6. The molecule has 41 heavy (non-hydrogen) atoms. The number of aromatic nitrogens is 2. The fourth-order valence-corrected chi connectivity index (χ4v) is 7.23. The summed E-state index contributed by atoms with van der Waals surface area (Å²) in [4.78, 5) is 14.0. The highest BCUT2D eigenvalue weighted by Gasteiger charge is 2.45. The van der Waals surface area contributed by atoms with E-state index in [2.05, 4.69) is 41.1 Å². The van der Waals surface area contributed by atoms with Crippen molar-refractivity contribution in [3.8, 4) is 22.9 Å². The van der Waals surface area contributed by atoms with Crippen LogP contribution < -0.4 is 15.0 Å². The molecular formula is C32H35ClFN5O2. The molecule has 1 saturated carbocycles. The number of aromatic hydroxyl groups is 1. The van der Waals surface area contributed by atoms with Gasteiger partial charge in [0.15, 0.2) is 5.82 Å². The van der Waals surface area contributed by atoms with Gasteiger partial charge in [-0.2, -0.15) is 9.97 Å². The highest BCUT2D eigenvalue weighted by atomic mass is 35.5. The summed E-state index contributed by atoms with van der Waals surface area (Å²) in [6, 6.07) is 13.1. The fraction of sp³-hybridized carbons (Fsp3) is 0.438. The van der Waals surface area contributed by atoms with Gasteiger partial charge in [0, 0.05) is 47.6 Å². The van der Waals surface area contributed by atoms with Crippen LogP contribution in [-0.2, 0) is 0 Å². The van der Waals surface area contributed by atoms with Gasteiger partial charge >= 0.3 is 6.01 Å². The summed E-state index contributed by atoms with van der Waals surface area (Å²) in [5.74, 6) is 0.146. The molecule has 9 heteroatoms. The predicted octanol–water partition coefficient (Wildman–Crippen LogP) is 6.00. The topological polar surface area (TPSA) is 73.8 Å². The summed E-state index contributed by atoms with van der Waals surface area (Å²) in [6.45, 7) is 5.15. The summed E-state index contributed by atoms with van der Waals surface area (Å²) < 4.78 is 23.0. The van der Waals surface area contributed by atoms with E-state index in [1.54, 1.807) is 18.2 Å². The van der Waals surface area contributed by atoms with Crippen LogP contribution in [0.2, 0.25) is 5.02 Å². The molecule has 1 aromatic heterocycles. The Morgan fingerprint density at radius 3 is 2.71 bits per heavy atom. The quantitative estimate of drug-likeness (QED) is 0.280. The number of hydrogen-bond acceptors (Lipinski definition) is 7. The van der Waals surface area contributed by atoms with E-state index < -0.39 is 5.82 Å². The van der Waals surface area contributed by atoms with Crippen molar-refractivity contribution in [2.24, 2.45) is 5.41 Å². The second kappa shape index (κ2) is 9.68. The molecule has 1 aliphatic carbocycles. The number of benzene rings is 3. The lowest BCUT2D eigenvalue weighted by Crippen LogP contribution is -2.58. The number of phenolic OH excluding ortho intramolecular Hbond substituents is 1. The van der Waals surface area contributed by atoms with Crippen LogP contribution in [0.15, 0.2) is 42.5 Å².